The molecule has 0 aromatic heterocycles. The van der Waals surface area contributed by atoms with Gasteiger partial charge in [0.1, 0.15) is 12.4 Å². The Morgan fingerprint density at radius 2 is 1.82 bits per heavy atom. The fourth-order valence-electron chi connectivity index (χ4n) is 1.82. The Hall–Kier alpha value is -2.77. The van der Waals surface area contributed by atoms with Crippen LogP contribution in [0.3, 0.4) is 0 Å². The second-order valence-electron chi connectivity index (χ2n) is 4.48. The van der Waals surface area contributed by atoms with Crippen molar-refractivity contribution in [1.82, 2.24) is 5.32 Å². The number of ether oxygens (including phenoxy) is 1. The van der Waals surface area contributed by atoms with Crippen molar-refractivity contribution in [3.63, 3.8) is 0 Å². The van der Waals surface area contributed by atoms with Gasteiger partial charge in [0.2, 0.25) is 0 Å². The maximum absolute atomic E-state index is 11.7. The van der Waals surface area contributed by atoms with Crippen molar-refractivity contribution >= 4 is 5.91 Å². The molecule has 112 valence electrons. The molecule has 0 fully saturated rings. The molecular formula is C18H17NO3. The van der Waals surface area contributed by atoms with E-state index in [9.17, 15) is 4.79 Å². The number of carbonyl (C=O) groups excluding carboxylic acids is 1. The summed E-state index contributed by atoms with van der Waals surface area (Å²) in [5.74, 6) is 5.65. The molecule has 2 aromatic carbocycles. The lowest BCUT2D eigenvalue weighted by atomic mass is 10.2. The number of hydrogen-bond donors (Lipinski definition) is 2. The molecule has 2 aromatic rings. The minimum Gasteiger partial charge on any atom is -0.491 e. The molecule has 0 unspecified atom stereocenters. The number of aliphatic hydroxyl groups is 1. The van der Waals surface area contributed by atoms with Crippen molar-refractivity contribution in [2.75, 3.05) is 13.2 Å². The number of aliphatic hydroxyl groups excluding tert-OH is 1. The van der Waals surface area contributed by atoms with Gasteiger partial charge in [0.05, 0.1) is 6.61 Å². The molecule has 0 bridgehead atoms. The molecule has 22 heavy (non-hydrogen) atoms. The molecule has 4 nitrogen and oxygen atoms in total. The third-order valence-corrected chi connectivity index (χ3v) is 2.86. The van der Waals surface area contributed by atoms with Gasteiger partial charge in [0.25, 0.3) is 5.91 Å². The Balaban J connectivity index is 1.93. The Labute approximate surface area is 129 Å². The normalized spacial score (nSPS) is 9.50. The number of benzene rings is 2. The van der Waals surface area contributed by atoms with Gasteiger partial charge in [-0.15, -0.1) is 0 Å². The maximum atomic E-state index is 11.7. The van der Waals surface area contributed by atoms with Gasteiger partial charge >= 0.3 is 0 Å². The Bertz CT molecular complexity index is 671. The van der Waals surface area contributed by atoms with E-state index in [1.165, 1.54) is 0 Å². The smallest absolute Gasteiger partial charge is 0.296 e. The number of para-hydroxylation sites is 1. The molecule has 0 saturated heterocycles. The van der Waals surface area contributed by atoms with Crippen molar-refractivity contribution in [2.45, 2.75) is 6.54 Å². The number of hydrogen-bond acceptors (Lipinski definition) is 3. The number of amides is 1. The standard InChI is InChI=1S/C18H17NO3/c20-12-13-22-17-9-5-4-8-16(17)14-19-18(21)11-10-15-6-2-1-3-7-15/h1-9,20H,12-14H2,(H,19,21). The molecule has 0 atom stereocenters. The number of rotatable bonds is 5. The van der Waals surface area contributed by atoms with E-state index in [1.54, 1.807) is 6.07 Å². The zero-order valence-electron chi connectivity index (χ0n) is 12.1. The first-order valence-corrected chi connectivity index (χ1v) is 6.96. The molecule has 0 radical (unpaired) electrons. The fraction of sp³-hybridized carbons (Fsp3) is 0.167. The van der Waals surface area contributed by atoms with E-state index in [0.29, 0.717) is 12.3 Å². The largest absolute Gasteiger partial charge is 0.491 e. The summed E-state index contributed by atoms with van der Waals surface area (Å²) in [6, 6.07) is 16.7. The Kier molecular flexibility index (Phi) is 6.03. The van der Waals surface area contributed by atoms with E-state index in [4.69, 9.17) is 9.84 Å². The summed E-state index contributed by atoms with van der Waals surface area (Å²) in [5, 5.41) is 11.5. The van der Waals surface area contributed by atoms with Crippen LogP contribution in [0, 0.1) is 11.8 Å². The Morgan fingerprint density at radius 1 is 1.09 bits per heavy atom. The zero-order chi connectivity index (χ0) is 15.6. The van der Waals surface area contributed by atoms with Gasteiger partial charge < -0.3 is 15.2 Å². The lowest BCUT2D eigenvalue weighted by Gasteiger charge is -2.10. The van der Waals surface area contributed by atoms with Gasteiger partial charge in [-0.05, 0) is 18.2 Å². The Morgan fingerprint density at radius 3 is 2.59 bits per heavy atom. The van der Waals surface area contributed by atoms with Gasteiger partial charge in [-0.25, -0.2) is 0 Å². The molecule has 0 spiro atoms. The summed E-state index contributed by atoms with van der Waals surface area (Å²) >= 11 is 0. The first kappa shape index (κ1) is 15.6. The predicted molar refractivity (Wildman–Crippen MR) is 84.2 cm³/mol. The van der Waals surface area contributed by atoms with Crippen LogP contribution in [-0.4, -0.2) is 24.2 Å². The fourth-order valence-corrected chi connectivity index (χ4v) is 1.82. The summed E-state index contributed by atoms with van der Waals surface area (Å²) in [7, 11) is 0. The van der Waals surface area contributed by atoms with Crippen LogP contribution in [0.2, 0.25) is 0 Å². The molecule has 0 aliphatic heterocycles. The van der Waals surface area contributed by atoms with Gasteiger partial charge in [-0.1, -0.05) is 42.3 Å². The van der Waals surface area contributed by atoms with Crippen LogP contribution in [0.15, 0.2) is 54.6 Å². The van der Waals surface area contributed by atoms with Crippen LogP contribution in [0.4, 0.5) is 0 Å². The highest BCUT2D eigenvalue weighted by Crippen LogP contribution is 2.17. The van der Waals surface area contributed by atoms with E-state index >= 15 is 0 Å². The topological polar surface area (TPSA) is 58.6 Å². The molecule has 0 aliphatic carbocycles. The molecule has 2 N–H and O–H groups in total. The van der Waals surface area contributed by atoms with Crippen LogP contribution in [0.1, 0.15) is 11.1 Å². The first-order chi connectivity index (χ1) is 10.8. The molecule has 0 heterocycles. The van der Waals surface area contributed by atoms with Crippen molar-refractivity contribution < 1.29 is 14.6 Å². The highest BCUT2D eigenvalue weighted by atomic mass is 16.5. The summed E-state index contributed by atoms with van der Waals surface area (Å²) in [4.78, 5) is 11.7. The van der Waals surface area contributed by atoms with Crippen LogP contribution in [-0.2, 0) is 11.3 Å². The third-order valence-electron chi connectivity index (χ3n) is 2.86. The molecule has 4 heteroatoms. The second-order valence-corrected chi connectivity index (χ2v) is 4.48. The SMILES string of the molecule is O=C(C#Cc1ccccc1)NCc1ccccc1OCCO. The maximum Gasteiger partial charge on any atom is 0.296 e. The highest BCUT2D eigenvalue weighted by molar-refractivity contribution is 5.94. The van der Waals surface area contributed by atoms with Crippen LogP contribution in [0.25, 0.3) is 0 Å². The zero-order valence-corrected chi connectivity index (χ0v) is 12.1. The molecule has 0 saturated carbocycles. The monoisotopic (exact) mass is 295 g/mol. The van der Waals surface area contributed by atoms with E-state index in [0.717, 1.165) is 11.1 Å². The first-order valence-electron chi connectivity index (χ1n) is 6.96. The molecule has 0 aliphatic rings. The lowest BCUT2D eigenvalue weighted by molar-refractivity contribution is -0.115. The van der Waals surface area contributed by atoms with Crippen molar-refractivity contribution in [2.24, 2.45) is 0 Å². The van der Waals surface area contributed by atoms with E-state index in [2.05, 4.69) is 17.2 Å². The van der Waals surface area contributed by atoms with Crippen LogP contribution < -0.4 is 10.1 Å². The molecule has 1 amide bonds. The van der Waals surface area contributed by atoms with E-state index in [-0.39, 0.29) is 19.1 Å². The number of nitrogens with one attached hydrogen (secondary N) is 1. The summed E-state index contributed by atoms with van der Waals surface area (Å²) in [6.45, 7) is 0.492. The van der Waals surface area contributed by atoms with Gasteiger partial charge in [-0.2, -0.15) is 0 Å². The number of carbonyl (C=O) groups is 1. The predicted octanol–water partition coefficient (Wildman–Crippen LogP) is 1.73. The molecular weight excluding hydrogens is 278 g/mol. The quantitative estimate of drug-likeness (QED) is 0.826. The van der Waals surface area contributed by atoms with Crippen LogP contribution in [0.5, 0.6) is 5.75 Å². The minimum absolute atomic E-state index is 0.0523. The van der Waals surface area contributed by atoms with Crippen molar-refractivity contribution in [3.05, 3.63) is 65.7 Å². The van der Waals surface area contributed by atoms with Gasteiger partial charge in [0, 0.05) is 23.6 Å². The van der Waals surface area contributed by atoms with Crippen molar-refractivity contribution in [1.29, 1.82) is 0 Å². The van der Waals surface area contributed by atoms with Crippen molar-refractivity contribution in [3.8, 4) is 17.6 Å². The highest BCUT2D eigenvalue weighted by Gasteiger charge is 2.04. The second kappa shape index (κ2) is 8.50. The summed E-state index contributed by atoms with van der Waals surface area (Å²) in [5.41, 5.74) is 1.63. The van der Waals surface area contributed by atoms with Crippen LogP contribution >= 0.6 is 0 Å². The average Bonchev–Trinajstić information content (AvgIpc) is 2.58. The van der Waals surface area contributed by atoms with E-state index < -0.39 is 0 Å². The molecule has 2 rings (SSSR count). The summed E-state index contributed by atoms with van der Waals surface area (Å²) < 4.78 is 5.41. The van der Waals surface area contributed by atoms with Gasteiger partial charge in [0.15, 0.2) is 0 Å². The minimum atomic E-state index is -0.346. The third kappa shape index (κ3) is 4.97. The summed E-state index contributed by atoms with van der Waals surface area (Å²) in [6.07, 6.45) is 0. The average molecular weight is 295 g/mol. The lowest BCUT2D eigenvalue weighted by Crippen LogP contribution is -2.21. The van der Waals surface area contributed by atoms with E-state index in [1.807, 2.05) is 48.5 Å². The van der Waals surface area contributed by atoms with Gasteiger partial charge in [-0.3, -0.25) is 4.79 Å².